The average Bonchev–Trinajstić information content (AvgIpc) is 3.13. The largest absolute Gasteiger partial charge is 0.361 e. The monoisotopic (exact) mass is 390 g/mol. The van der Waals surface area contributed by atoms with E-state index in [9.17, 15) is 8.42 Å². The third-order valence-corrected chi connectivity index (χ3v) is 6.45. The minimum absolute atomic E-state index is 0.0995. The van der Waals surface area contributed by atoms with Crippen molar-refractivity contribution in [1.29, 1.82) is 0 Å². The second-order valence-electron chi connectivity index (χ2n) is 6.92. The van der Waals surface area contributed by atoms with Crippen LogP contribution in [0.15, 0.2) is 90.0 Å². The Balaban J connectivity index is 1.68. The van der Waals surface area contributed by atoms with Gasteiger partial charge in [-0.25, -0.2) is 13.1 Å². The highest BCUT2D eigenvalue weighted by Gasteiger charge is 2.21. The number of benzene rings is 3. The van der Waals surface area contributed by atoms with Crippen molar-refractivity contribution in [2.75, 3.05) is 6.54 Å². The van der Waals surface area contributed by atoms with Crippen LogP contribution in [0.4, 0.5) is 0 Å². The lowest BCUT2D eigenvalue weighted by Crippen LogP contribution is -2.29. The summed E-state index contributed by atoms with van der Waals surface area (Å²) in [7, 11) is -3.58. The van der Waals surface area contributed by atoms with Crippen LogP contribution in [0.25, 0.3) is 10.9 Å². The first-order valence-corrected chi connectivity index (χ1v) is 10.7. The van der Waals surface area contributed by atoms with Crippen molar-refractivity contribution in [1.82, 2.24) is 9.71 Å². The number of H-pyrrole nitrogens is 1. The molecule has 28 heavy (non-hydrogen) atoms. The van der Waals surface area contributed by atoms with Gasteiger partial charge in [-0.15, -0.1) is 0 Å². The Kier molecular flexibility index (Phi) is 5.03. The first-order chi connectivity index (χ1) is 13.5. The molecule has 3 aromatic carbocycles. The van der Waals surface area contributed by atoms with Crippen LogP contribution in [-0.4, -0.2) is 19.9 Å². The van der Waals surface area contributed by atoms with E-state index in [2.05, 4.69) is 15.8 Å². The molecule has 0 saturated carbocycles. The highest BCUT2D eigenvalue weighted by molar-refractivity contribution is 7.89. The maximum absolute atomic E-state index is 12.8. The van der Waals surface area contributed by atoms with Gasteiger partial charge < -0.3 is 4.98 Å². The molecule has 0 aliphatic heterocycles. The van der Waals surface area contributed by atoms with E-state index in [0.29, 0.717) is 0 Å². The van der Waals surface area contributed by atoms with Crippen LogP contribution in [-0.2, 0) is 10.0 Å². The summed E-state index contributed by atoms with van der Waals surface area (Å²) in [6, 6.07) is 25.0. The standard InChI is InChI=1S/C23H22N2O2S/c1-17-11-13-19(14-12-17)28(26,27)25-16-21(18-7-3-2-4-8-18)22-15-24-23-10-6-5-9-20(22)23/h2-15,21,24-25H,16H2,1H3/t21-/m0/s1. The summed E-state index contributed by atoms with van der Waals surface area (Å²) in [5.41, 5.74) is 4.21. The summed E-state index contributed by atoms with van der Waals surface area (Å²) >= 11 is 0. The second kappa shape index (κ2) is 7.62. The van der Waals surface area contributed by atoms with Crippen LogP contribution in [0.1, 0.15) is 22.6 Å². The summed E-state index contributed by atoms with van der Waals surface area (Å²) in [6.45, 7) is 2.22. The Labute approximate surface area is 165 Å². The molecular weight excluding hydrogens is 368 g/mol. The summed E-state index contributed by atoms with van der Waals surface area (Å²) < 4.78 is 28.4. The first-order valence-electron chi connectivity index (χ1n) is 9.22. The van der Waals surface area contributed by atoms with Crippen LogP contribution in [0, 0.1) is 6.92 Å². The molecule has 142 valence electrons. The topological polar surface area (TPSA) is 62.0 Å². The molecule has 0 aliphatic rings. The van der Waals surface area contributed by atoms with Gasteiger partial charge >= 0.3 is 0 Å². The molecule has 0 aliphatic carbocycles. The molecule has 4 rings (SSSR count). The summed E-state index contributed by atoms with van der Waals surface area (Å²) in [5.74, 6) is -0.0995. The summed E-state index contributed by atoms with van der Waals surface area (Å²) in [5, 5.41) is 1.10. The Morgan fingerprint density at radius 2 is 1.57 bits per heavy atom. The van der Waals surface area contributed by atoms with Crippen LogP contribution in [0.3, 0.4) is 0 Å². The lowest BCUT2D eigenvalue weighted by Gasteiger charge is -2.18. The quantitative estimate of drug-likeness (QED) is 0.506. The Morgan fingerprint density at radius 3 is 2.32 bits per heavy atom. The molecule has 5 heteroatoms. The number of rotatable bonds is 6. The van der Waals surface area contributed by atoms with E-state index in [0.717, 1.165) is 27.6 Å². The predicted octanol–water partition coefficient (Wildman–Crippen LogP) is 4.59. The molecule has 0 spiro atoms. The smallest absolute Gasteiger partial charge is 0.240 e. The molecule has 2 N–H and O–H groups in total. The van der Waals surface area contributed by atoms with Gasteiger partial charge in [0, 0.05) is 29.6 Å². The minimum atomic E-state index is -3.58. The third-order valence-electron chi connectivity index (χ3n) is 5.01. The van der Waals surface area contributed by atoms with Crippen molar-refractivity contribution in [3.05, 3.63) is 102 Å². The molecular formula is C23H22N2O2S. The number of nitrogens with one attached hydrogen (secondary N) is 2. The number of sulfonamides is 1. The van der Waals surface area contributed by atoms with Crippen molar-refractivity contribution in [2.24, 2.45) is 0 Å². The van der Waals surface area contributed by atoms with Crippen molar-refractivity contribution < 1.29 is 8.42 Å². The van der Waals surface area contributed by atoms with Crippen molar-refractivity contribution in [3.8, 4) is 0 Å². The van der Waals surface area contributed by atoms with E-state index in [1.54, 1.807) is 12.1 Å². The third kappa shape index (κ3) is 3.72. The van der Waals surface area contributed by atoms with E-state index in [-0.39, 0.29) is 17.4 Å². The number of aromatic nitrogens is 1. The summed E-state index contributed by atoms with van der Waals surface area (Å²) in [4.78, 5) is 3.58. The predicted molar refractivity (Wildman–Crippen MR) is 113 cm³/mol. The van der Waals surface area contributed by atoms with Gasteiger partial charge in [0.05, 0.1) is 4.90 Å². The van der Waals surface area contributed by atoms with E-state index < -0.39 is 10.0 Å². The molecule has 1 heterocycles. The molecule has 4 nitrogen and oxygen atoms in total. The highest BCUT2D eigenvalue weighted by atomic mass is 32.2. The van der Waals surface area contributed by atoms with E-state index in [4.69, 9.17) is 0 Å². The maximum Gasteiger partial charge on any atom is 0.240 e. The van der Waals surface area contributed by atoms with E-state index in [1.807, 2.05) is 73.8 Å². The van der Waals surface area contributed by atoms with Crippen LogP contribution in [0.5, 0.6) is 0 Å². The fourth-order valence-electron chi connectivity index (χ4n) is 3.47. The molecule has 0 unspecified atom stereocenters. The minimum Gasteiger partial charge on any atom is -0.361 e. The molecule has 0 fully saturated rings. The van der Waals surface area contributed by atoms with E-state index in [1.165, 1.54) is 0 Å². The zero-order valence-electron chi connectivity index (χ0n) is 15.6. The zero-order valence-corrected chi connectivity index (χ0v) is 16.4. The van der Waals surface area contributed by atoms with Gasteiger partial charge in [-0.05, 0) is 36.2 Å². The second-order valence-corrected chi connectivity index (χ2v) is 8.68. The number of hydrogen-bond donors (Lipinski definition) is 2. The molecule has 0 bridgehead atoms. The van der Waals surface area contributed by atoms with Gasteiger partial charge in [-0.3, -0.25) is 0 Å². The normalized spacial score (nSPS) is 12.9. The number of aromatic amines is 1. The maximum atomic E-state index is 12.8. The Bertz CT molecular complexity index is 1180. The molecule has 0 saturated heterocycles. The van der Waals surface area contributed by atoms with Crippen molar-refractivity contribution >= 4 is 20.9 Å². The van der Waals surface area contributed by atoms with Gasteiger partial charge in [0.2, 0.25) is 10.0 Å². The van der Waals surface area contributed by atoms with Crippen molar-refractivity contribution in [3.63, 3.8) is 0 Å². The molecule has 0 radical (unpaired) electrons. The number of hydrogen-bond acceptors (Lipinski definition) is 2. The van der Waals surface area contributed by atoms with Crippen LogP contribution >= 0.6 is 0 Å². The number of para-hydroxylation sites is 1. The Morgan fingerprint density at radius 1 is 0.893 bits per heavy atom. The fourth-order valence-corrected chi connectivity index (χ4v) is 4.52. The SMILES string of the molecule is Cc1ccc(S(=O)(=O)NC[C@@H](c2ccccc2)c2c[nH]c3ccccc23)cc1. The van der Waals surface area contributed by atoms with Gasteiger partial charge in [0.15, 0.2) is 0 Å². The van der Waals surface area contributed by atoms with Gasteiger partial charge in [-0.1, -0.05) is 66.2 Å². The van der Waals surface area contributed by atoms with Gasteiger partial charge in [-0.2, -0.15) is 0 Å². The summed E-state index contributed by atoms with van der Waals surface area (Å²) in [6.07, 6.45) is 1.97. The lowest BCUT2D eigenvalue weighted by atomic mass is 9.91. The Hall–Kier alpha value is -2.89. The average molecular weight is 391 g/mol. The van der Waals surface area contributed by atoms with Crippen molar-refractivity contribution in [2.45, 2.75) is 17.7 Å². The molecule has 1 aromatic heterocycles. The van der Waals surface area contributed by atoms with Gasteiger partial charge in [0.25, 0.3) is 0 Å². The lowest BCUT2D eigenvalue weighted by molar-refractivity contribution is 0.577. The van der Waals surface area contributed by atoms with Crippen LogP contribution < -0.4 is 4.72 Å². The first kappa shape index (κ1) is 18.5. The fraction of sp³-hybridized carbons (Fsp3) is 0.130. The molecule has 0 amide bonds. The zero-order chi connectivity index (χ0) is 19.6. The number of fused-ring (bicyclic) bond motifs is 1. The molecule has 1 atom stereocenters. The molecule has 4 aromatic rings. The number of aryl methyl sites for hydroxylation is 1. The van der Waals surface area contributed by atoms with Crippen LogP contribution in [0.2, 0.25) is 0 Å². The van der Waals surface area contributed by atoms with Gasteiger partial charge in [0.1, 0.15) is 0 Å². The highest BCUT2D eigenvalue weighted by Crippen LogP contribution is 2.30. The van der Waals surface area contributed by atoms with E-state index >= 15 is 0 Å².